The van der Waals surface area contributed by atoms with Crippen LogP contribution in [0.15, 0.2) is 71.3 Å². The zero-order valence-electron chi connectivity index (χ0n) is 37.2. The molecule has 0 spiro atoms. The monoisotopic (exact) mass is 886 g/mol. The quantitative estimate of drug-likeness (QED) is 0.0969. The maximum Gasteiger partial charge on any atom is 0.411 e. The number of pyridine rings is 1. The van der Waals surface area contributed by atoms with Gasteiger partial charge in [-0.2, -0.15) is 4.98 Å². The third-order valence-corrected chi connectivity index (χ3v) is 11.3. The lowest BCUT2D eigenvalue weighted by atomic mass is 9.85. The summed E-state index contributed by atoms with van der Waals surface area (Å²) in [5.74, 6) is 1.45. The number of amides is 3. The third kappa shape index (κ3) is 13.4. The van der Waals surface area contributed by atoms with Crippen LogP contribution in [0.3, 0.4) is 0 Å². The Balaban J connectivity index is 0.702. The summed E-state index contributed by atoms with van der Waals surface area (Å²) in [6.45, 7) is 11.3. The van der Waals surface area contributed by atoms with E-state index >= 15 is 0 Å². The first-order valence-electron chi connectivity index (χ1n) is 22.4. The van der Waals surface area contributed by atoms with Gasteiger partial charge in [0.15, 0.2) is 5.58 Å². The summed E-state index contributed by atoms with van der Waals surface area (Å²) in [5, 5.41) is 2.95. The normalized spacial score (nSPS) is 18.7. The molecule has 64 heavy (non-hydrogen) atoms. The minimum Gasteiger partial charge on any atom is -0.490 e. The highest BCUT2D eigenvalue weighted by Crippen LogP contribution is 2.40. The van der Waals surface area contributed by atoms with Crippen LogP contribution in [0, 0.1) is 5.92 Å². The first-order chi connectivity index (χ1) is 31.1. The Labute approximate surface area is 374 Å². The van der Waals surface area contributed by atoms with Crippen molar-refractivity contribution >= 4 is 35.2 Å². The maximum atomic E-state index is 13.1. The molecule has 3 fully saturated rings. The molecule has 3 amide bonds. The molecule has 2 aromatic carbocycles. The zero-order valence-corrected chi connectivity index (χ0v) is 37.2. The maximum absolute atomic E-state index is 13.1. The molecule has 346 valence electrons. The van der Waals surface area contributed by atoms with Crippen molar-refractivity contribution in [2.24, 2.45) is 5.92 Å². The molecule has 17 nitrogen and oxygen atoms in total. The van der Waals surface area contributed by atoms with Crippen LogP contribution >= 0.6 is 0 Å². The average Bonchev–Trinajstić information content (AvgIpc) is 3.91. The number of oxazole rings is 1. The molecule has 4 heterocycles. The number of anilines is 1. The molecule has 2 aliphatic heterocycles. The van der Waals surface area contributed by atoms with E-state index in [1.54, 1.807) is 16.0 Å². The Hall–Kier alpha value is -5.65. The molecule has 1 aliphatic carbocycles. The minimum absolute atomic E-state index is 0.0626. The van der Waals surface area contributed by atoms with Crippen molar-refractivity contribution in [1.29, 1.82) is 0 Å². The van der Waals surface area contributed by atoms with Crippen LogP contribution < -0.4 is 19.7 Å². The van der Waals surface area contributed by atoms with Gasteiger partial charge in [-0.25, -0.2) is 9.59 Å². The second-order valence-corrected chi connectivity index (χ2v) is 17.1. The summed E-state index contributed by atoms with van der Waals surface area (Å²) >= 11 is 0. The second-order valence-electron chi connectivity index (χ2n) is 17.1. The number of fused-ring (bicyclic) bond motifs is 2. The minimum atomic E-state index is -0.620. The first-order valence-corrected chi connectivity index (χ1v) is 22.4. The second kappa shape index (κ2) is 22.8. The fourth-order valence-corrected chi connectivity index (χ4v) is 8.15. The van der Waals surface area contributed by atoms with Gasteiger partial charge >= 0.3 is 12.2 Å². The summed E-state index contributed by atoms with van der Waals surface area (Å²) in [6, 6.07) is 18.9. The molecule has 0 unspecified atom stereocenters. The van der Waals surface area contributed by atoms with E-state index in [1.807, 2.05) is 86.3 Å². The number of carbonyl (C=O) groups is 3. The van der Waals surface area contributed by atoms with E-state index in [0.717, 1.165) is 36.9 Å². The molecule has 2 aromatic heterocycles. The van der Waals surface area contributed by atoms with Gasteiger partial charge in [0, 0.05) is 44.8 Å². The van der Waals surface area contributed by atoms with Crippen molar-refractivity contribution in [2.45, 2.75) is 83.8 Å². The van der Waals surface area contributed by atoms with Crippen LogP contribution in [-0.4, -0.2) is 135 Å². The van der Waals surface area contributed by atoms with Crippen LogP contribution in [0.4, 0.5) is 15.6 Å². The number of carbonyl (C=O) groups excluding carboxylic acids is 3. The highest BCUT2D eigenvalue weighted by Gasteiger charge is 2.48. The summed E-state index contributed by atoms with van der Waals surface area (Å²) < 4.78 is 45.8. The number of nitrogens with zero attached hydrogens (tertiary/aromatic N) is 5. The van der Waals surface area contributed by atoms with E-state index in [2.05, 4.69) is 15.3 Å². The van der Waals surface area contributed by atoms with Gasteiger partial charge < -0.3 is 52.7 Å². The molecule has 1 N–H and O–H groups in total. The smallest absolute Gasteiger partial charge is 0.411 e. The van der Waals surface area contributed by atoms with Gasteiger partial charge in [0.05, 0.1) is 51.5 Å². The van der Waals surface area contributed by atoms with Crippen LogP contribution in [0.25, 0.3) is 11.1 Å². The predicted molar refractivity (Wildman–Crippen MR) is 236 cm³/mol. The fourth-order valence-electron chi connectivity index (χ4n) is 8.15. The molecule has 7 rings (SSSR count). The van der Waals surface area contributed by atoms with Crippen LogP contribution in [-0.2, 0) is 41.7 Å². The summed E-state index contributed by atoms with van der Waals surface area (Å²) in [4.78, 5) is 53.4. The summed E-state index contributed by atoms with van der Waals surface area (Å²) in [6.07, 6.45) is 5.75. The van der Waals surface area contributed by atoms with Crippen molar-refractivity contribution in [3.05, 3.63) is 78.1 Å². The van der Waals surface area contributed by atoms with E-state index in [4.69, 9.17) is 37.6 Å². The molecule has 1 saturated carbocycles. The number of hydrogen-bond donors (Lipinski definition) is 1. The Morgan fingerprint density at radius 2 is 1.50 bits per heavy atom. The Kier molecular flexibility index (Phi) is 16.5. The van der Waals surface area contributed by atoms with Crippen molar-refractivity contribution in [3.63, 3.8) is 0 Å². The van der Waals surface area contributed by atoms with Gasteiger partial charge in [-0.1, -0.05) is 43.2 Å². The largest absolute Gasteiger partial charge is 0.490 e. The molecule has 2 saturated heterocycles. The van der Waals surface area contributed by atoms with Gasteiger partial charge in [-0.05, 0) is 75.8 Å². The van der Waals surface area contributed by atoms with Gasteiger partial charge in [0.1, 0.15) is 48.5 Å². The van der Waals surface area contributed by atoms with Gasteiger partial charge in [0.25, 0.3) is 6.01 Å². The molecular weight excluding hydrogens is 825 g/mol. The van der Waals surface area contributed by atoms with E-state index in [9.17, 15) is 14.4 Å². The number of benzene rings is 2. The topological polar surface area (TPSA) is 176 Å². The Bertz CT molecular complexity index is 2090. The zero-order chi connectivity index (χ0) is 44.7. The predicted octanol–water partition coefficient (Wildman–Crippen LogP) is 6.37. The molecule has 0 radical (unpaired) electrons. The average molecular weight is 887 g/mol. The number of nitrogens with one attached hydrogen (secondary N) is 1. The lowest BCUT2D eigenvalue weighted by Gasteiger charge is -2.34. The standard InChI is InChI=1S/C47H62N6O11/c1-47(2,3)64-46(56)53-40-12-8-7-11-35(40)29-41(53)43(54)48-17-22-57-23-24-58-25-26-59-27-28-60-38-14-13-36(49-31-38)33-61-37-15-16-42-39(30-37)50-44(63-42)51-18-20-52(21-19-51)45(55)62-32-34-9-5-4-6-10-34/h4-6,9-10,13-16,30-31,35,40-41H,7-8,11-12,17-29,32-33H2,1-3H3,(H,48,54)/t35-,40-,41-/m0/s1. The van der Waals surface area contributed by atoms with Crippen LogP contribution in [0.2, 0.25) is 0 Å². The molecule has 4 aromatic rings. The molecule has 0 bridgehead atoms. The Morgan fingerprint density at radius 1 is 0.781 bits per heavy atom. The van der Waals surface area contributed by atoms with Crippen molar-refractivity contribution in [1.82, 2.24) is 25.1 Å². The summed E-state index contributed by atoms with van der Waals surface area (Å²) in [7, 11) is 0. The molecule has 17 heteroatoms. The van der Waals surface area contributed by atoms with E-state index < -0.39 is 17.7 Å². The van der Waals surface area contributed by atoms with Crippen molar-refractivity contribution < 1.29 is 52.0 Å². The SMILES string of the molecule is CC(C)(C)OC(=O)N1[C@H](C(=O)NCCOCCOCCOCCOc2ccc(COc3ccc4oc(N5CCN(C(=O)OCc6ccccc6)CC5)nc4c3)nc2)C[C@@H]2CCCC[C@@H]21. The summed E-state index contributed by atoms with van der Waals surface area (Å²) in [5.41, 5.74) is 2.40. The molecule has 3 aliphatic rings. The number of rotatable bonds is 20. The van der Waals surface area contributed by atoms with E-state index in [1.165, 1.54) is 0 Å². The number of hydrogen-bond acceptors (Lipinski definition) is 14. The van der Waals surface area contributed by atoms with Crippen molar-refractivity contribution in [3.8, 4) is 11.5 Å². The third-order valence-electron chi connectivity index (χ3n) is 11.3. The number of ether oxygens (including phenoxy) is 7. The highest BCUT2D eigenvalue weighted by molar-refractivity contribution is 5.86. The number of aromatic nitrogens is 2. The Morgan fingerprint density at radius 3 is 2.23 bits per heavy atom. The fraction of sp³-hybridized carbons (Fsp3) is 0.553. The van der Waals surface area contributed by atoms with Crippen LogP contribution in [0.5, 0.6) is 11.5 Å². The molecule has 3 atom stereocenters. The highest BCUT2D eigenvalue weighted by atomic mass is 16.6. The van der Waals surface area contributed by atoms with E-state index in [0.29, 0.717) is 120 Å². The van der Waals surface area contributed by atoms with Gasteiger partial charge in [-0.3, -0.25) is 14.7 Å². The molecular formula is C47H62N6O11. The van der Waals surface area contributed by atoms with Gasteiger partial charge in [-0.15, -0.1) is 0 Å². The lowest BCUT2D eigenvalue weighted by molar-refractivity contribution is -0.126. The number of piperazine rings is 1. The lowest BCUT2D eigenvalue weighted by Crippen LogP contribution is -2.51. The van der Waals surface area contributed by atoms with Gasteiger partial charge in [0.2, 0.25) is 5.91 Å². The number of likely N-dealkylation sites (tertiary alicyclic amines) is 1. The first kappa shape index (κ1) is 46.3. The van der Waals surface area contributed by atoms with Crippen molar-refractivity contribution in [2.75, 3.05) is 83.9 Å². The van der Waals surface area contributed by atoms with E-state index in [-0.39, 0.29) is 31.3 Å². The van der Waals surface area contributed by atoms with Crippen LogP contribution in [0.1, 0.15) is 64.1 Å².